The van der Waals surface area contributed by atoms with Gasteiger partial charge >= 0.3 is 0 Å². The third kappa shape index (κ3) is 3.00. The lowest BCUT2D eigenvalue weighted by Gasteiger charge is -2.25. The lowest BCUT2D eigenvalue weighted by Crippen LogP contribution is -2.52. The smallest absolute Gasteiger partial charge is 0.265 e. The molecule has 1 aliphatic rings. The average molecular weight is 418 g/mol. The van der Waals surface area contributed by atoms with Crippen LogP contribution in [0.5, 0.6) is 11.5 Å². The van der Waals surface area contributed by atoms with Crippen molar-refractivity contribution in [3.05, 3.63) is 26.8 Å². The summed E-state index contributed by atoms with van der Waals surface area (Å²) in [6.07, 6.45) is 1.43. The molecule has 1 saturated heterocycles. The van der Waals surface area contributed by atoms with Gasteiger partial charge in [-0.3, -0.25) is 19.8 Å². The summed E-state index contributed by atoms with van der Waals surface area (Å²) in [4.78, 5) is 25.1. The number of nitrogens with one attached hydrogen (secondary N) is 1. The molecule has 110 valence electrons. The highest BCUT2D eigenvalue weighted by Gasteiger charge is 2.30. The standard InChI is InChI=1S/C13H11IN2O4S/c1-16-12(19)7(11(18)15-13(16)21)3-6-4-8(14)10(17)9(5-6)20-2/h3-5,17H,1-2H3,(H,15,18,21). The van der Waals surface area contributed by atoms with Crippen molar-refractivity contribution in [2.75, 3.05) is 14.2 Å². The minimum absolute atomic E-state index is 0.0120. The van der Waals surface area contributed by atoms with Crippen LogP contribution in [0.3, 0.4) is 0 Å². The first kappa shape index (κ1) is 15.7. The van der Waals surface area contributed by atoms with Gasteiger partial charge in [-0.05, 0) is 58.6 Å². The fourth-order valence-electron chi connectivity index (χ4n) is 1.75. The number of carbonyl (C=O) groups is 2. The van der Waals surface area contributed by atoms with Crippen molar-refractivity contribution in [2.45, 2.75) is 0 Å². The third-order valence-corrected chi connectivity index (χ3v) is 4.08. The molecular formula is C13H11IN2O4S. The Morgan fingerprint density at radius 3 is 2.71 bits per heavy atom. The average Bonchev–Trinajstić information content (AvgIpc) is 2.44. The minimum atomic E-state index is -0.551. The monoisotopic (exact) mass is 418 g/mol. The van der Waals surface area contributed by atoms with Gasteiger partial charge in [0.25, 0.3) is 11.8 Å². The second kappa shape index (κ2) is 5.98. The van der Waals surface area contributed by atoms with E-state index in [2.05, 4.69) is 5.32 Å². The fraction of sp³-hybridized carbons (Fsp3) is 0.154. The van der Waals surface area contributed by atoms with Crippen LogP contribution in [0.4, 0.5) is 0 Å². The molecule has 2 amide bonds. The van der Waals surface area contributed by atoms with Gasteiger partial charge in [0.2, 0.25) is 0 Å². The van der Waals surface area contributed by atoms with Crippen molar-refractivity contribution < 1.29 is 19.4 Å². The second-order valence-corrected chi connectivity index (χ2v) is 5.78. The number of carbonyl (C=O) groups excluding carboxylic acids is 2. The summed E-state index contributed by atoms with van der Waals surface area (Å²) < 4.78 is 5.59. The second-order valence-electron chi connectivity index (χ2n) is 4.24. The van der Waals surface area contributed by atoms with Crippen LogP contribution >= 0.6 is 34.8 Å². The van der Waals surface area contributed by atoms with Crippen molar-refractivity contribution in [3.63, 3.8) is 0 Å². The normalized spacial score (nSPS) is 17.2. The summed E-state index contributed by atoms with van der Waals surface area (Å²) in [5, 5.41) is 12.3. The van der Waals surface area contributed by atoms with Crippen LogP contribution in [-0.4, -0.2) is 41.1 Å². The van der Waals surface area contributed by atoms with Crippen LogP contribution in [0.25, 0.3) is 6.08 Å². The molecule has 1 heterocycles. The van der Waals surface area contributed by atoms with Crippen LogP contribution in [0, 0.1) is 3.57 Å². The Kier molecular flexibility index (Phi) is 4.47. The first-order valence-corrected chi connectivity index (χ1v) is 7.25. The largest absolute Gasteiger partial charge is 0.504 e. The molecular weight excluding hydrogens is 407 g/mol. The van der Waals surface area contributed by atoms with Crippen LogP contribution in [-0.2, 0) is 9.59 Å². The number of hydrogen-bond acceptors (Lipinski definition) is 5. The van der Waals surface area contributed by atoms with Crippen molar-refractivity contribution in [1.82, 2.24) is 10.2 Å². The number of halogens is 1. The molecule has 0 aliphatic carbocycles. The van der Waals surface area contributed by atoms with Crippen LogP contribution in [0.1, 0.15) is 5.56 Å². The summed E-state index contributed by atoms with van der Waals surface area (Å²) in [6, 6.07) is 3.18. The molecule has 1 fully saturated rings. The highest BCUT2D eigenvalue weighted by molar-refractivity contribution is 14.1. The number of phenols is 1. The van der Waals surface area contributed by atoms with Crippen molar-refractivity contribution in [1.29, 1.82) is 0 Å². The molecule has 0 atom stereocenters. The van der Waals surface area contributed by atoms with Crippen molar-refractivity contribution in [2.24, 2.45) is 0 Å². The van der Waals surface area contributed by atoms with E-state index in [-0.39, 0.29) is 22.2 Å². The summed E-state index contributed by atoms with van der Waals surface area (Å²) in [6.45, 7) is 0. The molecule has 1 aromatic rings. The summed E-state index contributed by atoms with van der Waals surface area (Å²) in [5.41, 5.74) is 0.531. The SMILES string of the molecule is COc1cc(C=C2C(=O)NC(=S)N(C)C2=O)cc(I)c1O. The first-order chi connectivity index (χ1) is 9.85. The van der Waals surface area contributed by atoms with Crippen LogP contribution < -0.4 is 10.1 Å². The number of benzene rings is 1. The van der Waals surface area contributed by atoms with Crippen LogP contribution in [0.15, 0.2) is 17.7 Å². The topological polar surface area (TPSA) is 78.9 Å². The van der Waals surface area contributed by atoms with Gasteiger partial charge in [0.05, 0.1) is 10.7 Å². The Bertz CT molecular complexity index is 687. The van der Waals surface area contributed by atoms with E-state index in [0.29, 0.717) is 9.13 Å². The lowest BCUT2D eigenvalue weighted by molar-refractivity contribution is -0.128. The zero-order valence-corrected chi connectivity index (χ0v) is 14.1. The summed E-state index contributed by atoms with van der Waals surface area (Å²) >= 11 is 6.80. The Labute approximate surface area is 139 Å². The molecule has 2 rings (SSSR count). The first-order valence-electron chi connectivity index (χ1n) is 5.76. The minimum Gasteiger partial charge on any atom is -0.504 e. The number of rotatable bonds is 2. The van der Waals surface area contributed by atoms with Crippen molar-refractivity contribution >= 4 is 57.8 Å². The van der Waals surface area contributed by atoms with Crippen LogP contribution in [0.2, 0.25) is 0 Å². The Balaban J connectivity index is 2.48. The molecule has 0 saturated carbocycles. The Hall–Kier alpha value is -1.68. The fourth-order valence-corrected chi connectivity index (χ4v) is 2.55. The molecule has 0 radical (unpaired) electrons. The number of phenolic OH excluding ortho intramolecular Hbond substituents is 1. The van der Waals surface area contributed by atoms with Gasteiger partial charge in [-0.2, -0.15) is 0 Å². The number of methoxy groups -OCH3 is 1. The number of likely N-dealkylation sites (N-methyl/N-ethyl adjacent to an activating group) is 1. The highest BCUT2D eigenvalue weighted by Crippen LogP contribution is 2.33. The number of hydrogen-bond donors (Lipinski definition) is 2. The molecule has 1 aliphatic heterocycles. The molecule has 21 heavy (non-hydrogen) atoms. The van der Waals surface area contributed by atoms with E-state index in [9.17, 15) is 14.7 Å². The van der Waals surface area contributed by atoms with Gasteiger partial charge in [0, 0.05) is 7.05 Å². The Morgan fingerprint density at radius 1 is 1.43 bits per heavy atom. The molecule has 1 aromatic carbocycles. The molecule has 0 spiro atoms. The van der Waals surface area contributed by atoms with Gasteiger partial charge in [-0.1, -0.05) is 0 Å². The highest BCUT2D eigenvalue weighted by atomic mass is 127. The maximum absolute atomic E-state index is 12.1. The predicted octanol–water partition coefficient (Wildman–Crippen LogP) is 1.26. The number of amides is 2. The third-order valence-electron chi connectivity index (χ3n) is 2.89. The maximum atomic E-state index is 12.1. The molecule has 0 aromatic heterocycles. The zero-order valence-electron chi connectivity index (χ0n) is 11.1. The number of nitrogens with zero attached hydrogens (tertiary/aromatic N) is 1. The molecule has 2 N–H and O–H groups in total. The molecule has 0 bridgehead atoms. The molecule has 8 heteroatoms. The van der Waals surface area contributed by atoms with E-state index >= 15 is 0 Å². The van der Waals surface area contributed by atoms with Crippen molar-refractivity contribution in [3.8, 4) is 11.5 Å². The number of ether oxygens (including phenoxy) is 1. The Morgan fingerprint density at radius 2 is 2.10 bits per heavy atom. The zero-order chi connectivity index (χ0) is 15.7. The number of aromatic hydroxyl groups is 1. The molecule has 6 nitrogen and oxygen atoms in total. The van der Waals surface area contributed by atoms with E-state index in [1.165, 1.54) is 31.2 Å². The molecule has 0 unspecified atom stereocenters. The van der Waals surface area contributed by atoms with Gasteiger partial charge in [0.15, 0.2) is 16.6 Å². The van der Waals surface area contributed by atoms with Gasteiger partial charge < -0.3 is 9.84 Å². The van der Waals surface area contributed by atoms with E-state index in [1.54, 1.807) is 6.07 Å². The quantitative estimate of drug-likeness (QED) is 0.327. The lowest BCUT2D eigenvalue weighted by atomic mass is 10.1. The maximum Gasteiger partial charge on any atom is 0.265 e. The van der Waals surface area contributed by atoms with Gasteiger partial charge in [0.1, 0.15) is 5.57 Å². The van der Waals surface area contributed by atoms with E-state index < -0.39 is 11.8 Å². The van der Waals surface area contributed by atoms with Gasteiger partial charge in [-0.15, -0.1) is 0 Å². The van der Waals surface area contributed by atoms with Gasteiger partial charge in [-0.25, -0.2) is 0 Å². The van der Waals surface area contributed by atoms with E-state index in [1.807, 2.05) is 22.6 Å². The predicted molar refractivity (Wildman–Crippen MR) is 88.9 cm³/mol. The van der Waals surface area contributed by atoms with E-state index in [0.717, 1.165) is 0 Å². The van der Waals surface area contributed by atoms with E-state index in [4.69, 9.17) is 17.0 Å². The summed E-state index contributed by atoms with van der Waals surface area (Å²) in [5.74, 6) is -0.754. The number of thiocarbonyl (C=S) groups is 1. The summed E-state index contributed by atoms with van der Waals surface area (Å²) in [7, 11) is 2.91.